The Morgan fingerprint density at radius 1 is 1.29 bits per heavy atom. The molecule has 0 amide bonds. The third-order valence-corrected chi connectivity index (χ3v) is 2.96. The normalized spacial score (nSPS) is 26.8. The van der Waals surface area contributed by atoms with E-state index in [9.17, 15) is 0 Å². The van der Waals surface area contributed by atoms with E-state index in [1.807, 2.05) is 0 Å². The Morgan fingerprint density at radius 3 is 2.43 bits per heavy atom. The molecule has 1 aromatic rings. The van der Waals surface area contributed by atoms with E-state index in [2.05, 4.69) is 32.0 Å². The van der Waals surface area contributed by atoms with Crippen molar-refractivity contribution in [1.82, 2.24) is 0 Å². The van der Waals surface area contributed by atoms with Crippen molar-refractivity contribution in [2.45, 2.75) is 32.4 Å². The minimum absolute atomic E-state index is 0.108. The summed E-state index contributed by atoms with van der Waals surface area (Å²) >= 11 is 0. The Labute approximate surface area is 85.1 Å². The predicted octanol–water partition coefficient (Wildman–Crippen LogP) is 2.09. The van der Waals surface area contributed by atoms with Gasteiger partial charge >= 0.3 is 0 Å². The minimum Gasteiger partial charge on any atom is -0.372 e. The number of hydrogen-bond donors (Lipinski definition) is 1. The van der Waals surface area contributed by atoms with Crippen molar-refractivity contribution in [3.63, 3.8) is 0 Å². The van der Waals surface area contributed by atoms with Crippen LogP contribution in [0, 0.1) is 13.8 Å². The molecule has 0 spiro atoms. The Kier molecular flexibility index (Phi) is 2.57. The van der Waals surface area contributed by atoms with E-state index in [1.54, 1.807) is 0 Å². The van der Waals surface area contributed by atoms with Crippen molar-refractivity contribution in [2.24, 2.45) is 5.73 Å². The highest BCUT2D eigenvalue weighted by molar-refractivity contribution is 5.36. The maximum absolute atomic E-state index is 6.02. The molecule has 2 nitrogen and oxygen atoms in total. The first-order valence-electron chi connectivity index (χ1n) is 5.13. The number of ether oxygens (including phenoxy) is 1. The molecular formula is C12H17NO. The van der Waals surface area contributed by atoms with Crippen molar-refractivity contribution >= 4 is 0 Å². The fourth-order valence-electron chi connectivity index (χ4n) is 2.18. The third-order valence-electron chi connectivity index (χ3n) is 2.96. The second-order valence-corrected chi connectivity index (χ2v) is 4.05. The van der Waals surface area contributed by atoms with Crippen LogP contribution in [-0.2, 0) is 4.74 Å². The monoisotopic (exact) mass is 191 g/mol. The van der Waals surface area contributed by atoms with Gasteiger partial charge in [-0.3, -0.25) is 0 Å². The van der Waals surface area contributed by atoms with Crippen LogP contribution in [0.5, 0.6) is 0 Å². The molecular weight excluding hydrogens is 174 g/mol. The summed E-state index contributed by atoms with van der Waals surface area (Å²) in [4.78, 5) is 0. The molecule has 1 aliphatic rings. The van der Waals surface area contributed by atoms with Crippen LogP contribution in [0.25, 0.3) is 0 Å². The molecule has 0 aliphatic carbocycles. The van der Waals surface area contributed by atoms with Crippen LogP contribution in [0.15, 0.2) is 18.2 Å². The lowest BCUT2D eigenvalue weighted by Gasteiger charge is -2.19. The standard InChI is InChI=1S/C12H17NO/c1-8-4-3-5-9(2)11(8)12-10(13)6-7-14-12/h3-5,10,12H,6-7,13H2,1-2H3. The lowest BCUT2D eigenvalue weighted by molar-refractivity contribution is 0.104. The molecule has 1 saturated heterocycles. The maximum atomic E-state index is 6.02. The van der Waals surface area contributed by atoms with Crippen LogP contribution < -0.4 is 5.73 Å². The van der Waals surface area contributed by atoms with Gasteiger partial charge in [0.1, 0.15) is 0 Å². The summed E-state index contributed by atoms with van der Waals surface area (Å²) < 4.78 is 5.69. The van der Waals surface area contributed by atoms with Gasteiger partial charge in [-0.15, -0.1) is 0 Å². The van der Waals surface area contributed by atoms with E-state index in [0.29, 0.717) is 0 Å². The van der Waals surface area contributed by atoms with Crippen molar-refractivity contribution < 1.29 is 4.74 Å². The van der Waals surface area contributed by atoms with E-state index in [-0.39, 0.29) is 12.1 Å². The summed E-state index contributed by atoms with van der Waals surface area (Å²) in [5, 5.41) is 0. The van der Waals surface area contributed by atoms with Crippen molar-refractivity contribution in [3.05, 3.63) is 34.9 Å². The fraction of sp³-hybridized carbons (Fsp3) is 0.500. The Balaban J connectivity index is 2.39. The van der Waals surface area contributed by atoms with E-state index in [4.69, 9.17) is 10.5 Å². The highest BCUT2D eigenvalue weighted by Gasteiger charge is 2.28. The van der Waals surface area contributed by atoms with Gasteiger partial charge in [-0.2, -0.15) is 0 Å². The van der Waals surface area contributed by atoms with Gasteiger partial charge in [-0.1, -0.05) is 18.2 Å². The summed E-state index contributed by atoms with van der Waals surface area (Å²) in [6.07, 6.45) is 1.08. The topological polar surface area (TPSA) is 35.2 Å². The summed E-state index contributed by atoms with van der Waals surface area (Å²) in [5.74, 6) is 0. The molecule has 2 unspecified atom stereocenters. The molecule has 76 valence electrons. The lowest BCUT2D eigenvalue weighted by Crippen LogP contribution is -2.24. The number of hydrogen-bond acceptors (Lipinski definition) is 2. The third kappa shape index (κ3) is 1.56. The molecule has 14 heavy (non-hydrogen) atoms. The van der Waals surface area contributed by atoms with Gasteiger partial charge < -0.3 is 10.5 Å². The molecule has 2 heteroatoms. The molecule has 2 rings (SSSR count). The molecule has 0 saturated carbocycles. The lowest BCUT2D eigenvalue weighted by atomic mass is 9.94. The number of rotatable bonds is 1. The molecule has 1 aliphatic heterocycles. The maximum Gasteiger partial charge on any atom is 0.0981 e. The van der Waals surface area contributed by atoms with Crippen molar-refractivity contribution in [3.8, 4) is 0 Å². The highest BCUT2D eigenvalue weighted by Crippen LogP contribution is 2.31. The molecule has 1 aromatic carbocycles. The quantitative estimate of drug-likeness (QED) is 0.737. The van der Waals surface area contributed by atoms with Crippen LogP contribution >= 0.6 is 0 Å². The Morgan fingerprint density at radius 2 is 1.93 bits per heavy atom. The number of nitrogens with two attached hydrogens (primary N) is 1. The van der Waals surface area contributed by atoms with Gasteiger partial charge in [0.05, 0.1) is 6.10 Å². The van der Waals surface area contributed by atoms with Gasteiger partial charge in [0.25, 0.3) is 0 Å². The first-order valence-corrected chi connectivity index (χ1v) is 5.13. The van der Waals surface area contributed by atoms with Crippen LogP contribution in [0.1, 0.15) is 29.2 Å². The molecule has 2 N–H and O–H groups in total. The zero-order chi connectivity index (χ0) is 10.1. The van der Waals surface area contributed by atoms with Gasteiger partial charge in [0.15, 0.2) is 0 Å². The summed E-state index contributed by atoms with van der Waals surface area (Å²) in [7, 11) is 0. The molecule has 1 heterocycles. The summed E-state index contributed by atoms with van der Waals surface area (Å²) in [5.41, 5.74) is 9.88. The Hall–Kier alpha value is -0.860. The average Bonchev–Trinajstić information content (AvgIpc) is 2.52. The molecule has 0 radical (unpaired) electrons. The molecule has 0 bridgehead atoms. The number of aryl methyl sites for hydroxylation is 2. The molecule has 2 atom stereocenters. The minimum atomic E-state index is 0.108. The van der Waals surface area contributed by atoms with Crippen molar-refractivity contribution in [1.29, 1.82) is 0 Å². The van der Waals surface area contributed by atoms with Gasteiger partial charge in [-0.05, 0) is 37.0 Å². The van der Waals surface area contributed by atoms with E-state index in [1.165, 1.54) is 16.7 Å². The van der Waals surface area contributed by atoms with Crippen LogP contribution in [0.3, 0.4) is 0 Å². The van der Waals surface area contributed by atoms with E-state index in [0.717, 1.165) is 13.0 Å². The van der Waals surface area contributed by atoms with Crippen LogP contribution in [0.2, 0.25) is 0 Å². The first kappa shape index (κ1) is 9.69. The smallest absolute Gasteiger partial charge is 0.0981 e. The molecule has 0 aromatic heterocycles. The summed E-state index contributed by atoms with van der Waals surface area (Å²) in [6.45, 7) is 5.03. The second kappa shape index (κ2) is 3.71. The van der Waals surface area contributed by atoms with E-state index >= 15 is 0 Å². The summed E-state index contributed by atoms with van der Waals surface area (Å²) in [6, 6.07) is 6.48. The van der Waals surface area contributed by atoms with E-state index < -0.39 is 0 Å². The van der Waals surface area contributed by atoms with Gasteiger partial charge in [0, 0.05) is 12.6 Å². The second-order valence-electron chi connectivity index (χ2n) is 4.05. The number of benzene rings is 1. The Bertz CT molecular complexity index is 315. The zero-order valence-electron chi connectivity index (χ0n) is 8.79. The average molecular weight is 191 g/mol. The highest BCUT2D eigenvalue weighted by atomic mass is 16.5. The van der Waals surface area contributed by atoms with Crippen LogP contribution in [0.4, 0.5) is 0 Å². The first-order chi connectivity index (χ1) is 6.70. The largest absolute Gasteiger partial charge is 0.372 e. The fourth-order valence-corrected chi connectivity index (χ4v) is 2.18. The predicted molar refractivity (Wildman–Crippen MR) is 57.2 cm³/mol. The SMILES string of the molecule is Cc1cccc(C)c1C1OCCC1N. The zero-order valence-corrected chi connectivity index (χ0v) is 8.79. The van der Waals surface area contributed by atoms with Gasteiger partial charge in [0.2, 0.25) is 0 Å². The van der Waals surface area contributed by atoms with Gasteiger partial charge in [-0.25, -0.2) is 0 Å². The van der Waals surface area contributed by atoms with Crippen molar-refractivity contribution in [2.75, 3.05) is 6.61 Å². The molecule has 1 fully saturated rings. The van der Waals surface area contributed by atoms with Crippen LogP contribution in [-0.4, -0.2) is 12.6 Å².